The van der Waals surface area contributed by atoms with Crippen molar-refractivity contribution in [3.8, 4) is 0 Å². The van der Waals surface area contributed by atoms with Crippen LogP contribution in [0.2, 0.25) is 0 Å². The molecular formula is C28H42N2OS. The van der Waals surface area contributed by atoms with E-state index >= 15 is 0 Å². The number of nitrogens with one attached hydrogen (secondary N) is 1. The van der Waals surface area contributed by atoms with Gasteiger partial charge in [-0.1, -0.05) is 70.4 Å². The number of carbonyl (C=O) groups is 1. The third-order valence-corrected chi connectivity index (χ3v) is 6.68. The van der Waals surface area contributed by atoms with Crippen LogP contribution in [0.15, 0.2) is 47.5 Å². The number of rotatable bonds is 17. The first-order valence-electron chi connectivity index (χ1n) is 12.6. The first kappa shape index (κ1) is 26.4. The topological polar surface area (TPSA) is 42.0 Å². The van der Waals surface area contributed by atoms with E-state index in [0.717, 1.165) is 34.3 Å². The third-order valence-electron chi connectivity index (χ3n) is 5.90. The first-order chi connectivity index (χ1) is 15.8. The molecular weight excluding hydrogens is 412 g/mol. The van der Waals surface area contributed by atoms with Crippen molar-refractivity contribution in [1.29, 1.82) is 0 Å². The molecule has 0 unspecified atom stereocenters. The average Bonchev–Trinajstić information content (AvgIpc) is 2.81. The molecule has 1 amide bonds. The van der Waals surface area contributed by atoms with Crippen LogP contribution in [0.3, 0.4) is 0 Å². The molecule has 3 nitrogen and oxygen atoms in total. The molecule has 0 aliphatic rings. The van der Waals surface area contributed by atoms with Gasteiger partial charge in [-0.3, -0.25) is 9.78 Å². The summed E-state index contributed by atoms with van der Waals surface area (Å²) in [6.07, 6.45) is 25.7. The molecule has 1 N–H and O–H groups in total. The number of fused-ring (bicyclic) bond motifs is 1. The van der Waals surface area contributed by atoms with Crippen LogP contribution < -0.4 is 5.32 Å². The largest absolute Gasteiger partial charge is 0.325 e. The van der Waals surface area contributed by atoms with Crippen LogP contribution in [0.25, 0.3) is 10.9 Å². The second-order valence-electron chi connectivity index (χ2n) is 8.60. The van der Waals surface area contributed by atoms with Gasteiger partial charge in [0.15, 0.2) is 0 Å². The van der Waals surface area contributed by atoms with Crippen molar-refractivity contribution in [2.75, 3.05) is 11.6 Å². The second kappa shape index (κ2) is 16.8. The van der Waals surface area contributed by atoms with E-state index in [9.17, 15) is 4.79 Å². The monoisotopic (exact) mass is 454 g/mol. The molecule has 1 aromatic heterocycles. The summed E-state index contributed by atoms with van der Waals surface area (Å²) in [5, 5.41) is 4.16. The zero-order valence-corrected chi connectivity index (χ0v) is 21.0. The van der Waals surface area contributed by atoms with E-state index in [1.807, 2.05) is 30.5 Å². The Balaban J connectivity index is 1.54. The van der Waals surface area contributed by atoms with Crippen LogP contribution >= 0.6 is 11.8 Å². The number of hydrogen-bond donors (Lipinski definition) is 1. The zero-order chi connectivity index (χ0) is 22.9. The number of pyridine rings is 1. The van der Waals surface area contributed by atoms with Gasteiger partial charge in [-0.15, -0.1) is 11.8 Å². The van der Waals surface area contributed by atoms with Gasteiger partial charge in [-0.2, -0.15) is 0 Å². The van der Waals surface area contributed by atoms with Gasteiger partial charge >= 0.3 is 0 Å². The number of nitrogens with zero attached hydrogens (tertiary/aromatic N) is 1. The van der Waals surface area contributed by atoms with Gasteiger partial charge in [0.05, 0.1) is 11.2 Å². The maximum atomic E-state index is 12.5. The number of amides is 1. The Morgan fingerprint density at radius 2 is 1.56 bits per heavy atom. The summed E-state index contributed by atoms with van der Waals surface area (Å²) >= 11 is 1.65. The molecule has 0 aliphatic heterocycles. The summed E-state index contributed by atoms with van der Waals surface area (Å²) in [5.41, 5.74) is 1.82. The Kier molecular flexibility index (Phi) is 13.9. The molecule has 0 atom stereocenters. The molecule has 0 spiro atoms. The molecule has 0 saturated heterocycles. The van der Waals surface area contributed by atoms with Crippen molar-refractivity contribution in [2.24, 2.45) is 0 Å². The number of hydrogen-bond acceptors (Lipinski definition) is 3. The standard InChI is InChI=1S/C28H42N2OS/c1-3-4-5-6-7-8-9-10-11-12-13-14-15-16-17-20-27(31)30-28-24-19-18-23-29-25(24)21-22-26(28)32-2/h10-11,18-19,21-23H,3-9,12-17,20H2,1-2H3,(H,30,31). The van der Waals surface area contributed by atoms with Crippen molar-refractivity contribution in [1.82, 2.24) is 4.98 Å². The van der Waals surface area contributed by atoms with Crippen molar-refractivity contribution in [3.05, 3.63) is 42.6 Å². The van der Waals surface area contributed by atoms with E-state index < -0.39 is 0 Å². The van der Waals surface area contributed by atoms with Gasteiger partial charge in [0.1, 0.15) is 0 Å². The van der Waals surface area contributed by atoms with Crippen LogP contribution in [0, 0.1) is 0 Å². The SMILES string of the molecule is CCCCCCCCC=CCCCCCCCC(=O)Nc1c(SC)ccc2ncccc12. The van der Waals surface area contributed by atoms with Gasteiger partial charge in [0.2, 0.25) is 5.91 Å². The molecule has 1 aromatic carbocycles. The van der Waals surface area contributed by atoms with Crippen LogP contribution in [-0.4, -0.2) is 17.1 Å². The number of benzene rings is 1. The van der Waals surface area contributed by atoms with E-state index in [2.05, 4.69) is 29.4 Å². The number of carbonyl (C=O) groups excluding carboxylic acids is 1. The molecule has 4 heteroatoms. The smallest absolute Gasteiger partial charge is 0.224 e. The van der Waals surface area contributed by atoms with Gasteiger partial charge < -0.3 is 5.32 Å². The van der Waals surface area contributed by atoms with E-state index in [1.54, 1.807) is 18.0 Å². The fourth-order valence-electron chi connectivity index (χ4n) is 3.99. The lowest BCUT2D eigenvalue weighted by Crippen LogP contribution is -2.12. The molecule has 2 aromatic rings. The Hall–Kier alpha value is -1.81. The number of unbranched alkanes of at least 4 members (excludes halogenated alkanes) is 11. The van der Waals surface area contributed by atoms with Gasteiger partial charge in [0.25, 0.3) is 0 Å². The van der Waals surface area contributed by atoms with E-state index in [4.69, 9.17) is 0 Å². The molecule has 0 saturated carbocycles. The molecule has 1 heterocycles. The Bertz CT molecular complexity index is 818. The van der Waals surface area contributed by atoms with Gasteiger partial charge in [0, 0.05) is 22.9 Å². The highest BCUT2D eigenvalue weighted by molar-refractivity contribution is 7.98. The Morgan fingerprint density at radius 1 is 0.906 bits per heavy atom. The van der Waals surface area contributed by atoms with E-state index in [1.165, 1.54) is 70.6 Å². The minimum Gasteiger partial charge on any atom is -0.325 e. The highest BCUT2D eigenvalue weighted by Crippen LogP contribution is 2.32. The predicted molar refractivity (Wildman–Crippen MR) is 142 cm³/mol. The maximum absolute atomic E-state index is 12.5. The van der Waals surface area contributed by atoms with Gasteiger partial charge in [-0.25, -0.2) is 0 Å². The summed E-state index contributed by atoms with van der Waals surface area (Å²) < 4.78 is 0. The molecule has 0 fully saturated rings. The van der Waals surface area contributed by atoms with E-state index in [0.29, 0.717) is 6.42 Å². The maximum Gasteiger partial charge on any atom is 0.224 e. The predicted octanol–water partition coefficient (Wildman–Crippen LogP) is 8.93. The number of thioether (sulfide) groups is 1. The highest BCUT2D eigenvalue weighted by atomic mass is 32.2. The fraction of sp³-hybridized carbons (Fsp3) is 0.571. The minimum absolute atomic E-state index is 0.106. The van der Waals surface area contributed by atoms with Crippen LogP contribution in [0.4, 0.5) is 5.69 Å². The van der Waals surface area contributed by atoms with Crippen LogP contribution in [0.5, 0.6) is 0 Å². The number of aromatic nitrogens is 1. The number of anilines is 1. The Labute approximate surface area is 199 Å². The van der Waals surface area contributed by atoms with Gasteiger partial charge in [-0.05, 0) is 62.6 Å². The second-order valence-corrected chi connectivity index (χ2v) is 9.44. The zero-order valence-electron chi connectivity index (χ0n) is 20.2. The summed E-state index contributed by atoms with van der Waals surface area (Å²) in [6, 6.07) is 8.00. The molecule has 0 bridgehead atoms. The van der Waals surface area contributed by atoms with Crippen molar-refractivity contribution < 1.29 is 4.79 Å². The average molecular weight is 455 g/mol. The Morgan fingerprint density at radius 3 is 2.25 bits per heavy atom. The van der Waals surface area contributed by atoms with E-state index in [-0.39, 0.29) is 5.91 Å². The van der Waals surface area contributed by atoms with Crippen molar-refractivity contribution in [3.63, 3.8) is 0 Å². The number of allylic oxidation sites excluding steroid dienone is 2. The normalized spacial score (nSPS) is 11.4. The summed E-state index contributed by atoms with van der Waals surface area (Å²) in [6.45, 7) is 2.27. The van der Waals surface area contributed by atoms with Crippen LogP contribution in [-0.2, 0) is 4.79 Å². The minimum atomic E-state index is 0.106. The fourth-order valence-corrected chi connectivity index (χ4v) is 4.56. The van der Waals surface area contributed by atoms with Crippen LogP contribution in [0.1, 0.15) is 96.8 Å². The quantitative estimate of drug-likeness (QED) is 0.147. The van der Waals surface area contributed by atoms with Crippen molar-refractivity contribution >= 4 is 34.3 Å². The first-order valence-corrected chi connectivity index (χ1v) is 13.8. The van der Waals surface area contributed by atoms with Crippen molar-refractivity contribution in [2.45, 2.75) is 102 Å². The molecule has 176 valence electrons. The lowest BCUT2D eigenvalue weighted by Gasteiger charge is -2.12. The third kappa shape index (κ3) is 10.2. The summed E-state index contributed by atoms with van der Waals surface area (Å²) in [4.78, 5) is 18.0. The summed E-state index contributed by atoms with van der Waals surface area (Å²) in [5.74, 6) is 0.106. The highest BCUT2D eigenvalue weighted by Gasteiger charge is 2.11. The molecule has 2 rings (SSSR count). The lowest BCUT2D eigenvalue weighted by atomic mass is 10.1. The molecule has 32 heavy (non-hydrogen) atoms. The molecule has 0 aliphatic carbocycles. The lowest BCUT2D eigenvalue weighted by molar-refractivity contribution is -0.116. The molecule has 0 radical (unpaired) electrons. The summed E-state index contributed by atoms with van der Waals surface area (Å²) in [7, 11) is 0.